The summed E-state index contributed by atoms with van der Waals surface area (Å²) in [7, 11) is 0. The van der Waals surface area contributed by atoms with Crippen molar-refractivity contribution in [2.24, 2.45) is 11.1 Å². The van der Waals surface area contributed by atoms with E-state index in [1.165, 1.54) is 0 Å². The van der Waals surface area contributed by atoms with Crippen LogP contribution in [0.1, 0.15) is 70.8 Å². The number of hydrogen-bond acceptors (Lipinski definition) is 4. The lowest BCUT2D eigenvalue weighted by Crippen LogP contribution is -2.28. The highest BCUT2D eigenvalue weighted by molar-refractivity contribution is 6.01. The van der Waals surface area contributed by atoms with Crippen molar-refractivity contribution >= 4 is 17.4 Å². The molecular weight excluding hydrogens is 364 g/mol. The fourth-order valence-electron chi connectivity index (χ4n) is 4.74. The number of ketones is 1. The summed E-state index contributed by atoms with van der Waals surface area (Å²) < 4.78 is 2.23. The first-order chi connectivity index (χ1) is 13.8. The summed E-state index contributed by atoms with van der Waals surface area (Å²) in [6, 6.07) is 5.73. The van der Waals surface area contributed by atoms with Gasteiger partial charge >= 0.3 is 0 Å². The number of amides is 1. The number of benzene rings is 1. The Hall–Kier alpha value is -2.60. The van der Waals surface area contributed by atoms with Gasteiger partial charge in [0.25, 0.3) is 5.91 Å². The van der Waals surface area contributed by atoms with Crippen LogP contribution in [-0.4, -0.2) is 29.3 Å². The molecule has 4 N–H and O–H groups in total. The van der Waals surface area contributed by atoms with E-state index >= 15 is 0 Å². The molecule has 0 saturated carbocycles. The van der Waals surface area contributed by atoms with E-state index in [9.17, 15) is 9.59 Å². The van der Waals surface area contributed by atoms with Crippen LogP contribution < -0.4 is 16.4 Å². The molecule has 1 amide bonds. The molecule has 6 heteroatoms. The van der Waals surface area contributed by atoms with Gasteiger partial charge in [-0.3, -0.25) is 9.59 Å². The van der Waals surface area contributed by atoms with E-state index < -0.39 is 5.91 Å². The van der Waals surface area contributed by atoms with Crippen molar-refractivity contribution in [3.05, 3.63) is 46.3 Å². The monoisotopic (exact) mass is 394 g/mol. The van der Waals surface area contributed by atoms with Gasteiger partial charge in [0.15, 0.2) is 5.78 Å². The Morgan fingerprint density at radius 3 is 2.66 bits per heavy atom. The molecule has 0 radical (unpaired) electrons. The van der Waals surface area contributed by atoms with Crippen molar-refractivity contribution in [2.45, 2.75) is 53.0 Å². The number of Topliss-reactive ketones (excluding diaryl/α,β-unsaturated/α-hetero) is 1. The Morgan fingerprint density at radius 1 is 1.14 bits per heavy atom. The van der Waals surface area contributed by atoms with Crippen molar-refractivity contribution in [1.29, 1.82) is 0 Å². The van der Waals surface area contributed by atoms with Gasteiger partial charge in [0.1, 0.15) is 0 Å². The molecule has 1 aliphatic carbocycles. The number of anilines is 1. The maximum atomic E-state index is 13.0. The minimum atomic E-state index is -0.435. The van der Waals surface area contributed by atoms with Crippen LogP contribution in [0, 0.1) is 12.3 Å². The molecule has 0 spiro atoms. The number of carbonyl (C=O) groups excluding carboxylic acids is 2. The Morgan fingerprint density at radius 2 is 1.90 bits per heavy atom. The minimum absolute atomic E-state index is 0.0724. The van der Waals surface area contributed by atoms with E-state index in [4.69, 9.17) is 5.73 Å². The van der Waals surface area contributed by atoms with Gasteiger partial charge in [-0.05, 0) is 61.9 Å². The number of aromatic nitrogens is 1. The molecule has 2 bridgehead atoms. The maximum absolute atomic E-state index is 13.0. The second-order valence-corrected chi connectivity index (χ2v) is 9.07. The summed E-state index contributed by atoms with van der Waals surface area (Å²) in [6.07, 6.45) is 3.45. The number of fused-ring (bicyclic) bond motifs is 6. The molecule has 6 nitrogen and oxygen atoms in total. The van der Waals surface area contributed by atoms with Gasteiger partial charge in [-0.15, -0.1) is 0 Å². The topological polar surface area (TPSA) is 89.2 Å². The van der Waals surface area contributed by atoms with Crippen LogP contribution >= 0.6 is 0 Å². The van der Waals surface area contributed by atoms with Crippen molar-refractivity contribution in [3.8, 4) is 5.69 Å². The summed E-state index contributed by atoms with van der Waals surface area (Å²) in [6.45, 7) is 8.78. The fourth-order valence-corrected chi connectivity index (χ4v) is 4.74. The molecular formula is C23H30N4O2. The fraction of sp³-hybridized carbons (Fsp3) is 0.478. The Balaban J connectivity index is 1.96. The average Bonchev–Trinajstić information content (AvgIpc) is 2.90. The smallest absolute Gasteiger partial charge is 0.250 e. The molecule has 1 aliphatic heterocycles. The van der Waals surface area contributed by atoms with Crippen LogP contribution in [0.15, 0.2) is 18.2 Å². The van der Waals surface area contributed by atoms with E-state index in [0.29, 0.717) is 18.5 Å². The number of nitrogens with one attached hydrogen (secondary N) is 2. The molecule has 0 unspecified atom stereocenters. The van der Waals surface area contributed by atoms with Gasteiger partial charge < -0.3 is 20.9 Å². The predicted molar refractivity (Wildman–Crippen MR) is 115 cm³/mol. The molecule has 154 valence electrons. The van der Waals surface area contributed by atoms with E-state index in [1.807, 2.05) is 12.1 Å². The largest absolute Gasteiger partial charge is 0.384 e. The van der Waals surface area contributed by atoms with Crippen molar-refractivity contribution in [1.82, 2.24) is 9.88 Å². The lowest BCUT2D eigenvalue weighted by Gasteiger charge is -2.30. The summed E-state index contributed by atoms with van der Waals surface area (Å²) >= 11 is 0. The van der Waals surface area contributed by atoms with E-state index in [2.05, 4.69) is 36.0 Å². The van der Waals surface area contributed by atoms with Crippen LogP contribution in [0.5, 0.6) is 0 Å². The number of carbonyl (C=O) groups is 2. The van der Waals surface area contributed by atoms with Crippen LogP contribution in [0.3, 0.4) is 0 Å². The first-order valence-corrected chi connectivity index (χ1v) is 10.4. The number of rotatable bonds is 1. The number of hydrogen-bond donors (Lipinski definition) is 3. The van der Waals surface area contributed by atoms with Gasteiger partial charge in [0, 0.05) is 47.8 Å². The average molecular weight is 395 g/mol. The van der Waals surface area contributed by atoms with Crippen LogP contribution in [0.2, 0.25) is 0 Å². The van der Waals surface area contributed by atoms with Gasteiger partial charge in [0.05, 0.1) is 5.56 Å². The first kappa shape index (κ1) is 19.7. The van der Waals surface area contributed by atoms with E-state index in [-0.39, 0.29) is 11.2 Å². The Kier molecular flexibility index (Phi) is 4.99. The quantitative estimate of drug-likeness (QED) is 0.692. The van der Waals surface area contributed by atoms with Crippen molar-refractivity contribution < 1.29 is 9.59 Å². The van der Waals surface area contributed by atoms with Gasteiger partial charge in [0.2, 0.25) is 0 Å². The number of nitrogens with two attached hydrogens (primary N) is 1. The third kappa shape index (κ3) is 3.57. The first-order valence-electron chi connectivity index (χ1n) is 10.4. The third-order valence-electron chi connectivity index (χ3n) is 6.12. The Bertz CT molecular complexity index is 987. The lowest BCUT2D eigenvalue weighted by atomic mass is 9.75. The molecule has 29 heavy (non-hydrogen) atoms. The van der Waals surface area contributed by atoms with Crippen molar-refractivity contribution in [3.63, 3.8) is 0 Å². The molecule has 0 fully saturated rings. The van der Waals surface area contributed by atoms with Crippen LogP contribution in [0.25, 0.3) is 5.69 Å². The van der Waals surface area contributed by atoms with Crippen LogP contribution in [0.4, 0.5) is 5.69 Å². The SMILES string of the molecule is Cc1c2c(n3c1CNCCCCNc1cc-3ccc1C(N)=O)CC(C)(C)CC2=O. The predicted octanol–water partition coefficient (Wildman–Crippen LogP) is 3.34. The zero-order valence-corrected chi connectivity index (χ0v) is 17.5. The van der Waals surface area contributed by atoms with E-state index in [1.54, 1.807) is 6.07 Å². The van der Waals surface area contributed by atoms with Gasteiger partial charge in [-0.25, -0.2) is 0 Å². The van der Waals surface area contributed by atoms with E-state index in [0.717, 1.165) is 66.2 Å². The molecule has 1 aromatic heterocycles. The second kappa shape index (κ2) is 7.34. The molecule has 2 aliphatic rings. The zero-order valence-electron chi connectivity index (χ0n) is 17.5. The highest BCUT2D eigenvalue weighted by Gasteiger charge is 2.36. The zero-order chi connectivity index (χ0) is 20.8. The highest BCUT2D eigenvalue weighted by atomic mass is 16.1. The molecule has 2 aromatic rings. The molecule has 0 saturated heterocycles. The van der Waals surface area contributed by atoms with Crippen LogP contribution in [-0.2, 0) is 13.0 Å². The third-order valence-corrected chi connectivity index (χ3v) is 6.12. The van der Waals surface area contributed by atoms with Gasteiger partial charge in [-0.1, -0.05) is 13.8 Å². The summed E-state index contributed by atoms with van der Waals surface area (Å²) in [5.74, 6) is -0.208. The van der Waals surface area contributed by atoms with Gasteiger partial charge in [-0.2, -0.15) is 0 Å². The molecule has 2 heterocycles. The minimum Gasteiger partial charge on any atom is -0.384 e. The molecule has 1 aromatic carbocycles. The highest BCUT2D eigenvalue weighted by Crippen LogP contribution is 2.40. The number of primary amides is 1. The van der Waals surface area contributed by atoms with Crippen molar-refractivity contribution in [2.75, 3.05) is 18.4 Å². The maximum Gasteiger partial charge on any atom is 0.250 e. The second-order valence-electron chi connectivity index (χ2n) is 9.07. The summed E-state index contributed by atoms with van der Waals surface area (Å²) in [5, 5.41) is 6.93. The molecule has 4 rings (SSSR count). The molecule has 0 atom stereocenters. The summed E-state index contributed by atoms with van der Waals surface area (Å²) in [4.78, 5) is 24.9. The Labute approximate surface area is 171 Å². The standard InChI is InChI=1S/C23H30N4O2/c1-14-19-13-25-8-4-5-9-26-17-10-15(6-7-16(17)22(24)29)27(19)18-11-23(2,3)12-20(28)21(14)18/h6-7,10,25-26H,4-5,8-9,11-13H2,1-3H3,(H2,24,29). The normalized spacial score (nSPS) is 18.7. The summed E-state index contributed by atoms with van der Waals surface area (Å²) in [5.41, 5.74) is 11.9. The lowest BCUT2D eigenvalue weighted by molar-refractivity contribution is 0.0909. The number of nitrogens with zero attached hydrogens (tertiary/aromatic N) is 1.